The van der Waals surface area contributed by atoms with Crippen LogP contribution < -0.4 is 5.32 Å². The fourth-order valence-corrected chi connectivity index (χ4v) is 2.75. The number of nitrogens with one attached hydrogen (secondary N) is 1. The zero-order valence-corrected chi connectivity index (χ0v) is 16.1. The van der Waals surface area contributed by atoms with Gasteiger partial charge in [-0.1, -0.05) is 18.2 Å². The van der Waals surface area contributed by atoms with Gasteiger partial charge in [-0.2, -0.15) is 5.26 Å². The second-order valence-corrected chi connectivity index (χ2v) is 6.27. The molecular weight excluding hydrogens is 372 g/mol. The van der Waals surface area contributed by atoms with E-state index < -0.39 is 18.0 Å². The van der Waals surface area contributed by atoms with E-state index in [0.29, 0.717) is 29.0 Å². The summed E-state index contributed by atoms with van der Waals surface area (Å²) in [6.07, 6.45) is -1.05. The maximum atomic E-state index is 12.7. The van der Waals surface area contributed by atoms with Crippen LogP contribution in [0.5, 0.6) is 0 Å². The molecule has 3 rings (SSSR count). The van der Waals surface area contributed by atoms with Crippen LogP contribution in [0, 0.1) is 11.3 Å². The Labute approximate surface area is 167 Å². The van der Waals surface area contributed by atoms with Crippen molar-refractivity contribution >= 4 is 28.5 Å². The highest BCUT2D eigenvalue weighted by Crippen LogP contribution is 2.27. The minimum absolute atomic E-state index is 0.0256. The Morgan fingerprint density at radius 1 is 1.17 bits per heavy atom. The molecule has 0 aliphatic heterocycles. The van der Waals surface area contributed by atoms with E-state index >= 15 is 0 Å². The van der Waals surface area contributed by atoms with Gasteiger partial charge in [-0.15, -0.1) is 0 Å². The van der Waals surface area contributed by atoms with Crippen molar-refractivity contribution < 1.29 is 23.5 Å². The lowest BCUT2D eigenvalue weighted by Crippen LogP contribution is -2.30. The SMILES string of the molecule is CCOCc1c(C(=O)O[C@H](C)C(=O)Nc2ccc(C#N)cc2)oc2ccccc12. The summed E-state index contributed by atoms with van der Waals surface area (Å²) in [6, 6.07) is 15.6. The van der Waals surface area contributed by atoms with Gasteiger partial charge in [0.15, 0.2) is 6.10 Å². The molecule has 0 aliphatic carbocycles. The summed E-state index contributed by atoms with van der Waals surface area (Å²) in [4.78, 5) is 25.0. The lowest BCUT2D eigenvalue weighted by atomic mass is 10.1. The number of benzene rings is 2. The maximum Gasteiger partial charge on any atom is 0.375 e. The molecule has 0 bridgehead atoms. The molecule has 0 unspecified atom stereocenters. The maximum absolute atomic E-state index is 12.7. The number of para-hydroxylation sites is 1. The first-order valence-corrected chi connectivity index (χ1v) is 9.13. The third-order valence-electron chi connectivity index (χ3n) is 4.27. The van der Waals surface area contributed by atoms with Gasteiger partial charge in [0.05, 0.1) is 18.2 Å². The van der Waals surface area contributed by atoms with Crippen LogP contribution in [0.2, 0.25) is 0 Å². The molecule has 0 fully saturated rings. The molecule has 1 atom stereocenters. The number of fused-ring (bicyclic) bond motifs is 1. The number of rotatable bonds is 7. The van der Waals surface area contributed by atoms with Crippen LogP contribution in [0.1, 0.15) is 35.5 Å². The molecule has 7 nitrogen and oxygen atoms in total. The monoisotopic (exact) mass is 392 g/mol. The van der Waals surface area contributed by atoms with Crippen molar-refractivity contribution in [3.8, 4) is 6.07 Å². The Bertz CT molecular complexity index is 1060. The summed E-state index contributed by atoms with van der Waals surface area (Å²) in [7, 11) is 0. The molecule has 1 heterocycles. The smallest absolute Gasteiger partial charge is 0.375 e. The van der Waals surface area contributed by atoms with Crippen molar-refractivity contribution in [2.24, 2.45) is 0 Å². The molecule has 1 aromatic heterocycles. The Balaban J connectivity index is 1.73. The quantitative estimate of drug-likeness (QED) is 0.609. The summed E-state index contributed by atoms with van der Waals surface area (Å²) in [5.74, 6) is -1.21. The number of amides is 1. The Morgan fingerprint density at radius 3 is 2.59 bits per heavy atom. The molecule has 0 saturated heterocycles. The van der Waals surface area contributed by atoms with E-state index in [9.17, 15) is 9.59 Å². The number of ether oxygens (including phenoxy) is 2. The number of furan rings is 1. The number of hydrogen-bond acceptors (Lipinski definition) is 6. The predicted octanol–water partition coefficient (Wildman–Crippen LogP) is 4.02. The topological polar surface area (TPSA) is 102 Å². The van der Waals surface area contributed by atoms with Gasteiger partial charge in [0, 0.05) is 23.2 Å². The lowest BCUT2D eigenvalue weighted by molar-refractivity contribution is -0.123. The van der Waals surface area contributed by atoms with Crippen LogP contribution in [0.3, 0.4) is 0 Å². The van der Waals surface area contributed by atoms with Gasteiger partial charge in [-0.25, -0.2) is 4.79 Å². The number of hydrogen-bond donors (Lipinski definition) is 1. The van der Waals surface area contributed by atoms with Gasteiger partial charge >= 0.3 is 5.97 Å². The number of nitriles is 1. The highest BCUT2D eigenvalue weighted by molar-refractivity contribution is 5.99. The zero-order valence-electron chi connectivity index (χ0n) is 16.1. The Hall–Kier alpha value is -3.63. The number of nitrogens with zero attached hydrogens (tertiary/aromatic N) is 1. The zero-order chi connectivity index (χ0) is 20.8. The number of esters is 1. The standard InChI is InChI=1S/C22H20N2O5/c1-3-27-13-18-17-6-4-5-7-19(17)29-20(18)22(26)28-14(2)21(25)24-16-10-8-15(12-23)9-11-16/h4-11,14H,3,13H2,1-2H3,(H,24,25)/t14-/m1/s1. The van der Waals surface area contributed by atoms with E-state index in [1.165, 1.54) is 6.92 Å². The predicted molar refractivity (Wildman–Crippen MR) is 106 cm³/mol. The molecule has 1 N–H and O–H groups in total. The fraction of sp³-hybridized carbons (Fsp3) is 0.227. The molecule has 3 aromatic rings. The summed E-state index contributed by atoms with van der Waals surface area (Å²) >= 11 is 0. The van der Waals surface area contributed by atoms with E-state index in [-0.39, 0.29) is 12.4 Å². The highest BCUT2D eigenvalue weighted by Gasteiger charge is 2.26. The Kier molecular flexibility index (Phi) is 6.27. The summed E-state index contributed by atoms with van der Waals surface area (Å²) in [5.41, 5.74) is 2.11. The Morgan fingerprint density at radius 2 is 1.90 bits per heavy atom. The van der Waals surface area contributed by atoms with E-state index in [1.54, 1.807) is 36.4 Å². The first-order valence-electron chi connectivity index (χ1n) is 9.13. The summed E-state index contributed by atoms with van der Waals surface area (Å²) in [5, 5.41) is 12.2. The van der Waals surface area contributed by atoms with E-state index in [2.05, 4.69) is 5.32 Å². The second kappa shape index (κ2) is 9.04. The average Bonchev–Trinajstić information content (AvgIpc) is 3.11. The summed E-state index contributed by atoms with van der Waals surface area (Å²) < 4.78 is 16.4. The third kappa shape index (κ3) is 4.62. The number of carbonyl (C=O) groups is 2. The minimum atomic E-state index is -1.05. The van der Waals surface area contributed by atoms with Crippen molar-refractivity contribution in [2.75, 3.05) is 11.9 Å². The molecule has 1 amide bonds. The largest absolute Gasteiger partial charge is 0.449 e. The highest BCUT2D eigenvalue weighted by atomic mass is 16.6. The van der Waals surface area contributed by atoms with E-state index in [4.69, 9.17) is 19.2 Å². The van der Waals surface area contributed by atoms with Crippen molar-refractivity contribution in [1.82, 2.24) is 0 Å². The number of carbonyl (C=O) groups excluding carboxylic acids is 2. The molecule has 0 saturated carbocycles. The molecule has 0 radical (unpaired) electrons. The van der Waals surface area contributed by atoms with Gasteiger partial charge in [0.25, 0.3) is 5.91 Å². The molecule has 148 valence electrons. The molecule has 0 spiro atoms. The average molecular weight is 392 g/mol. The first kappa shape index (κ1) is 20.1. The summed E-state index contributed by atoms with van der Waals surface area (Å²) in [6.45, 7) is 4.01. The molecule has 0 aliphatic rings. The van der Waals surface area contributed by atoms with Crippen LogP contribution in [0.25, 0.3) is 11.0 Å². The van der Waals surface area contributed by atoms with E-state index in [1.807, 2.05) is 25.1 Å². The minimum Gasteiger partial charge on any atom is -0.449 e. The fourth-order valence-electron chi connectivity index (χ4n) is 2.75. The lowest BCUT2D eigenvalue weighted by Gasteiger charge is -2.13. The van der Waals surface area contributed by atoms with Crippen LogP contribution in [0.15, 0.2) is 52.9 Å². The molecular formula is C22H20N2O5. The van der Waals surface area contributed by atoms with Gasteiger partial charge < -0.3 is 19.2 Å². The van der Waals surface area contributed by atoms with Crippen molar-refractivity contribution in [1.29, 1.82) is 5.26 Å². The third-order valence-corrected chi connectivity index (χ3v) is 4.27. The van der Waals surface area contributed by atoms with Gasteiger partial charge in [0.1, 0.15) is 5.58 Å². The molecule has 29 heavy (non-hydrogen) atoms. The van der Waals surface area contributed by atoms with Gasteiger partial charge in [-0.05, 0) is 44.2 Å². The molecule has 2 aromatic carbocycles. The van der Waals surface area contributed by atoms with Gasteiger partial charge in [0.2, 0.25) is 5.76 Å². The first-order chi connectivity index (χ1) is 14.0. The van der Waals surface area contributed by atoms with Crippen LogP contribution in [-0.2, 0) is 20.9 Å². The second-order valence-electron chi connectivity index (χ2n) is 6.27. The normalized spacial score (nSPS) is 11.6. The van der Waals surface area contributed by atoms with Crippen LogP contribution >= 0.6 is 0 Å². The van der Waals surface area contributed by atoms with Crippen LogP contribution in [0.4, 0.5) is 5.69 Å². The van der Waals surface area contributed by atoms with E-state index in [0.717, 1.165) is 5.39 Å². The number of anilines is 1. The van der Waals surface area contributed by atoms with Crippen molar-refractivity contribution in [3.63, 3.8) is 0 Å². The van der Waals surface area contributed by atoms with Crippen molar-refractivity contribution in [2.45, 2.75) is 26.6 Å². The van der Waals surface area contributed by atoms with Crippen LogP contribution in [-0.4, -0.2) is 24.6 Å². The van der Waals surface area contributed by atoms with Gasteiger partial charge in [-0.3, -0.25) is 4.79 Å². The molecule has 7 heteroatoms. The van der Waals surface area contributed by atoms with Crippen molar-refractivity contribution in [3.05, 3.63) is 65.4 Å².